The Morgan fingerprint density at radius 2 is 1.29 bits per heavy atom. The Morgan fingerprint density at radius 3 is 1.88 bits per heavy atom. The van der Waals surface area contributed by atoms with Crippen molar-refractivity contribution < 1.29 is 0 Å². The molecule has 2 aliphatic rings. The molecular weight excluding hydrogens is 408 g/mol. The lowest BCUT2D eigenvalue weighted by molar-refractivity contribution is 0.308. The van der Waals surface area contributed by atoms with Crippen LogP contribution in [0.5, 0.6) is 0 Å². The third-order valence-corrected chi connectivity index (χ3v) is 8.36. The first kappa shape index (κ1) is 24.9. The first-order valence-electron chi connectivity index (χ1n) is 14.1. The van der Waals surface area contributed by atoms with Crippen LogP contribution in [0.2, 0.25) is 0 Å². The summed E-state index contributed by atoms with van der Waals surface area (Å²) in [4.78, 5) is 0. The van der Waals surface area contributed by atoms with Crippen molar-refractivity contribution in [1.82, 2.24) is 0 Å². The van der Waals surface area contributed by atoms with Gasteiger partial charge in [0.1, 0.15) is 0 Å². The monoisotopic (exact) mass is 452 g/mol. The Hall–Kier alpha value is -2.26. The minimum absolute atomic E-state index is 0.690. The van der Waals surface area contributed by atoms with Crippen molar-refractivity contribution in [2.24, 2.45) is 11.8 Å². The summed E-state index contributed by atoms with van der Waals surface area (Å²) in [5, 5.41) is 0. The minimum Gasteiger partial charge on any atom is -0.0730 e. The van der Waals surface area contributed by atoms with Gasteiger partial charge >= 0.3 is 0 Å². The largest absolute Gasteiger partial charge is 0.0730 e. The molecule has 0 heterocycles. The summed E-state index contributed by atoms with van der Waals surface area (Å²) in [7, 11) is 0. The van der Waals surface area contributed by atoms with Crippen LogP contribution in [0.25, 0.3) is 0 Å². The van der Waals surface area contributed by atoms with Crippen LogP contribution in [0.4, 0.5) is 0 Å². The molecule has 0 nitrogen and oxygen atoms in total. The lowest BCUT2D eigenvalue weighted by atomic mass is 9.77. The molecule has 0 N–H and O–H groups in total. The summed E-state index contributed by atoms with van der Waals surface area (Å²) < 4.78 is 0. The van der Waals surface area contributed by atoms with Crippen molar-refractivity contribution in [1.29, 1.82) is 0 Å². The number of aryl methyl sites for hydroxylation is 1. The maximum atomic E-state index is 3.35. The van der Waals surface area contributed by atoms with Gasteiger partial charge in [-0.15, -0.1) is 0 Å². The van der Waals surface area contributed by atoms with Crippen molar-refractivity contribution in [3.63, 3.8) is 0 Å². The maximum Gasteiger partial charge on any atom is 0.0249 e. The van der Waals surface area contributed by atoms with Crippen molar-refractivity contribution in [2.45, 2.75) is 103 Å². The fourth-order valence-electron chi connectivity index (χ4n) is 6.23. The predicted octanol–water partition coefficient (Wildman–Crippen LogP) is 9.59. The molecule has 2 aromatic rings. The highest BCUT2D eigenvalue weighted by atomic mass is 14.3. The van der Waals surface area contributed by atoms with E-state index in [4.69, 9.17) is 0 Å². The fraction of sp³-hybridized carbons (Fsp3) is 0.529. The Bertz CT molecular complexity index is 934. The van der Waals surface area contributed by atoms with E-state index in [1.54, 1.807) is 5.56 Å². The van der Waals surface area contributed by atoms with Gasteiger partial charge < -0.3 is 0 Å². The van der Waals surface area contributed by atoms with E-state index in [9.17, 15) is 0 Å². The molecular formula is C34H44. The zero-order valence-electron chi connectivity index (χ0n) is 21.6. The van der Waals surface area contributed by atoms with E-state index in [-0.39, 0.29) is 0 Å². The Labute approximate surface area is 209 Å². The van der Waals surface area contributed by atoms with E-state index in [2.05, 4.69) is 86.4 Å². The molecule has 0 aliphatic heterocycles. The van der Waals surface area contributed by atoms with E-state index in [1.807, 2.05) is 0 Å². The molecule has 2 aromatic carbocycles. The Morgan fingerprint density at radius 1 is 0.706 bits per heavy atom. The Balaban J connectivity index is 1.21. The number of hydrogen-bond acceptors (Lipinski definition) is 0. The van der Waals surface area contributed by atoms with Crippen LogP contribution in [0.15, 0.2) is 60.7 Å². The van der Waals surface area contributed by atoms with E-state index < -0.39 is 0 Å². The van der Waals surface area contributed by atoms with Crippen molar-refractivity contribution in [2.75, 3.05) is 0 Å². The number of rotatable bonds is 7. The molecule has 0 saturated heterocycles. The molecule has 0 heteroatoms. The van der Waals surface area contributed by atoms with Crippen LogP contribution >= 0.6 is 0 Å². The highest BCUT2D eigenvalue weighted by Crippen LogP contribution is 2.38. The number of benzene rings is 2. The van der Waals surface area contributed by atoms with Crippen molar-refractivity contribution in [3.8, 4) is 11.8 Å². The molecule has 0 radical (unpaired) electrons. The fourth-order valence-corrected chi connectivity index (χ4v) is 6.23. The molecule has 0 aromatic heterocycles. The van der Waals surface area contributed by atoms with Crippen LogP contribution < -0.4 is 0 Å². The van der Waals surface area contributed by atoms with Crippen LogP contribution in [0, 0.1) is 23.7 Å². The second-order valence-electron chi connectivity index (χ2n) is 10.9. The summed E-state index contributed by atoms with van der Waals surface area (Å²) in [6.07, 6.45) is 20.4. The SMILES string of the molecule is CCCc1ccc(C2CCC(/C=C/C#Cc3ccc(C4CCC(CCC)CC4)cc3)CC2)cc1. The normalized spacial score (nSPS) is 25.1. The van der Waals surface area contributed by atoms with E-state index >= 15 is 0 Å². The molecule has 0 spiro atoms. The second-order valence-corrected chi connectivity index (χ2v) is 10.9. The van der Waals surface area contributed by atoms with Gasteiger partial charge in [-0.25, -0.2) is 0 Å². The van der Waals surface area contributed by atoms with Gasteiger partial charge in [-0.3, -0.25) is 0 Å². The summed E-state index contributed by atoms with van der Waals surface area (Å²) in [5.41, 5.74) is 5.68. The molecule has 2 saturated carbocycles. The number of hydrogen-bond donors (Lipinski definition) is 0. The van der Waals surface area contributed by atoms with Crippen LogP contribution in [-0.4, -0.2) is 0 Å². The van der Waals surface area contributed by atoms with Gasteiger partial charge in [0.2, 0.25) is 0 Å². The summed E-state index contributed by atoms with van der Waals surface area (Å²) in [6, 6.07) is 18.5. The van der Waals surface area contributed by atoms with E-state index in [0.717, 1.165) is 23.3 Å². The average Bonchev–Trinajstić information content (AvgIpc) is 2.89. The zero-order valence-corrected chi connectivity index (χ0v) is 21.6. The van der Waals surface area contributed by atoms with Gasteiger partial charge in [0.25, 0.3) is 0 Å². The topological polar surface area (TPSA) is 0 Å². The first-order chi connectivity index (χ1) is 16.7. The minimum atomic E-state index is 0.690. The Kier molecular flexibility index (Phi) is 9.50. The smallest absolute Gasteiger partial charge is 0.0249 e. The van der Waals surface area contributed by atoms with Crippen molar-refractivity contribution in [3.05, 3.63) is 82.9 Å². The molecule has 4 rings (SSSR count). The van der Waals surface area contributed by atoms with Gasteiger partial charge in [0, 0.05) is 5.56 Å². The lowest BCUT2D eigenvalue weighted by Crippen LogP contribution is -2.13. The quantitative estimate of drug-likeness (QED) is 0.367. The van der Waals surface area contributed by atoms with Gasteiger partial charge in [0.15, 0.2) is 0 Å². The van der Waals surface area contributed by atoms with Crippen LogP contribution in [0.3, 0.4) is 0 Å². The molecule has 0 atom stereocenters. The molecule has 180 valence electrons. The van der Waals surface area contributed by atoms with Crippen molar-refractivity contribution >= 4 is 0 Å². The van der Waals surface area contributed by atoms with E-state index in [1.165, 1.54) is 88.2 Å². The average molecular weight is 453 g/mol. The molecule has 2 aliphatic carbocycles. The van der Waals surface area contributed by atoms with E-state index in [0.29, 0.717) is 5.92 Å². The summed E-state index contributed by atoms with van der Waals surface area (Å²) >= 11 is 0. The van der Waals surface area contributed by atoms with Gasteiger partial charge in [-0.1, -0.05) is 87.4 Å². The molecule has 2 fully saturated rings. The summed E-state index contributed by atoms with van der Waals surface area (Å²) in [5.74, 6) is 9.82. The van der Waals surface area contributed by atoms with Crippen LogP contribution in [0.1, 0.15) is 119 Å². The number of allylic oxidation sites excluding steroid dienone is 2. The molecule has 0 bridgehead atoms. The third kappa shape index (κ3) is 7.12. The first-order valence-corrected chi connectivity index (χ1v) is 14.1. The third-order valence-electron chi connectivity index (χ3n) is 8.36. The standard InChI is InChI=1S/C34H44/c1-3-7-27-11-19-31(20-12-27)33-23-15-29(16-24-33)9-5-6-10-30-17-25-34(26-18-30)32-21-13-28(8-4-2)14-22-32/h5,9,11-12,17-20,25-26,28-29,32-33H,3-4,7-8,13-16,21-24H2,1-2H3/b9-5+. The highest BCUT2D eigenvalue weighted by Gasteiger charge is 2.22. The lowest BCUT2D eigenvalue weighted by Gasteiger charge is -2.28. The summed E-state index contributed by atoms with van der Waals surface area (Å²) in [6.45, 7) is 4.57. The predicted molar refractivity (Wildman–Crippen MR) is 147 cm³/mol. The molecule has 0 amide bonds. The zero-order chi connectivity index (χ0) is 23.6. The van der Waals surface area contributed by atoms with Gasteiger partial charge in [0.05, 0.1) is 0 Å². The highest BCUT2D eigenvalue weighted by molar-refractivity contribution is 5.39. The molecule has 0 unspecified atom stereocenters. The van der Waals surface area contributed by atoms with Gasteiger partial charge in [-0.2, -0.15) is 0 Å². The van der Waals surface area contributed by atoms with Gasteiger partial charge in [-0.05, 0) is 116 Å². The van der Waals surface area contributed by atoms with Crippen LogP contribution in [-0.2, 0) is 6.42 Å². The maximum absolute atomic E-state index is 3.35. The molecule has 34 heavy (non-hydrogen) atoms. The second kappa shape index (κ2) is 13.0.